The number of imidazole rings is 1. The van der Waals surface area contributed by atoms with Gasteiger partial charge >= 0.3 is 0 Å². The van der Waals surface area contributed by atoms with Crippen molar-refractivity contribution in [3.05, 3.63) is 41.3 Å². The quantitative estimate of drug-likeness (QED) is 0.917. The number of nitrogens with zero attached hydrogens (tertiary/aromatic N) is 3. The molecule has 106 valence electrons. The molecule has 1 aliphatic rings. The highest BCUT2D eigenvalue weighted by Gasteiger charge is 2.31. The summed E-state index contributed by atoms with van der Waals surface area (Å²) in [6.45, 7) is 2.01. The highest BCUT2D eigenvalue weighted by molar-refractivity contribution is 6.29. The molecule has 1 aliphatic heterocycles. The predicted molar refractivity (Wildman–Crippen MR) is 73.6 cm³/mol. The monoisotopic (exact) mass is 294 g/mol. The minimum absolute atomic E-state index is 0.0631. The van der Waals surface area contributed by atoms with Gasteiger partial charge < -0.3 is 14.3 Å². The van der Waals surface area contributed by atoms with Gasteiger partial charge in [0.1, 0.15) is 5.82 Å². The number of hydrogen-bond donors (Lipinski definition) is 1. The predicted octanol–water partition coefficient (Wildman–Crippen LogP) is 1.78. The summed E-state index contributed by atoms with van der Waals surface area (Å²) in [5.74, 6) is 1.00. The molecule has 2 aromatic rings. The first kappa shape index (κ1) is 13.2. The molecule has 0 bridgehead atoms. The number of nitrogens with one attached hydrogen (secondary N) is 1. The Balaban J connectivity index is 1.77. The number of H-pyrrole nitrogens is 1. The second-order valence-electron chi connectivity index (χ2n) is 4.83. The molecule has 20 heavy (non-hydrogen) atoms. The van der Waals surface area contributed by atoms with E-state index in [9.17, 15) is 4.79 Å². The Kier molecular flexibility index (Phi) is 3.50. The van der Waals surface area contributed by atoms with Crippen molar-refractivity contribution < 1.29 is 9.21 Å². The number of likely N-dealkylation sites (N-methyl/N-ethyl adjacent to an activating group) is 1. The number of rotatable bonds is 2. The van der Waals surface area contributed by atoms with Gasteiger partial charge in [-0.25, -0.2) is 4.98 Å². The Labute approximate surface area is 121 Å². The van der Waals surface area contributed by atoms with Gasteiger partial charge in [-0.05, 0) is 30.8 Å². The topological polar surface area (TPSA) is 65.4 Å². The van der Waals surface area contributed by atoms with Gasteiger partial charge in [-0.15, -0.1) is 0 Å². The van der Waals surface area contributed by atoms with Crippen molar-refractivity contribution in [1.29, 1.82) is 0 Å². The molecular formula is C13H15ClN4O2. The summed E-state index contributed by atoms with van der Waals surface area (Å²) < 4.78 is 5.19. The zero-order valence-corrected chi connectivity index (χ0v) is 11.8. The van der Waals surface area contributed by atoms with E-state index < -0.39 is 0 Å². The molecule has 1 atom stereocenters. The SMILES string of the molecule is CN1CCN(C(=O)c2ccc(Cl)o2)C[C@@H]1c1ncc[nH]1. The fourth-order valence-corrected chi connectivity index (χ4v) is 2.54. The first-order valence-electron chi connectivity index (χ1n) is 6.39. The summed E-state index contributed by atoms with van der Waals surface area (Å²) in [5, 5.41) is 0.227. The Morgan fingerprint density at radius 2 is 2.35 bits per heavy atom. The van der Waals surface area contributed by atoms with Crippen LogP contribution in [0.2, 0.25) is 5.22 Å². The molecule has 1 saturated heterocycles. The second kappa shape index (κ2) is 5.30. The highest BCUT2D eigenvalue weighted by atomic mass is 35.5. The van der Waals surface area contributed by atoms with Gasteiger partial charge in [-0.1, -0.05) is 0 Å². The van der Waals surface area contributed by atoms with Crippen LogP contribution < -0.4 is 0 Å². The van der Waals surface area contributed by atoms with E-state index in [0.29, 0.717) is 13.1 Å². The number of piperazine rings is 1. The minimum atomic E-state index is -0.137. The Hall–Kier alpha value is -1.79. The van der Waals surface area contributed by atoms with Crippen molar-refractivity contribution in [3.63, 3.8) is 0 Å². The smallest absolute Gasteiger partial charge is 0.289 e. The molecular weight excluding hydrogens is 280 g/mol. The number of furan rings is 1. The van der Waals surface area contributed by atoms with Gasteiger partial charge in [0.25, 0.3) is 5.91 Å². The van der Waals surface area contributed by atoms with Crippen molar-refractivity contribution >= 4 is 17.5 Å². The number of aromatic amines is 1. The third-order valence-corrected chi connectivity index (χ3v) is 3.76. The standard InChI is InChI=1S/C13H15ClN4O2/c1-17-6-7-18(8-9(17)12-15-4-5-16-12)13(19)10-2-3-11(14)20-10/h2-5,9H,6-8H2,1H3,(H,15,16)/t9-/m1/s1. The highest BCUT2D eigenvalue weighted by Crippen LogP contribution is 2.23. The summed E-state index contributed by atoms with van der Waals surface area (Å²) in [4.78, 5) is 23.7. The maximum absolute atomic E-state index is 12.4. The van der Waals surface area contributed by atoms with Gasteiger partial charge in [0, 0.05) is 32.0 Å². The van der Waals surface area contributed by atoms with E-state index in [-0.39, 0.29) is 22.9 Å². The number of amides is 1. The first-order chi connectivity index (χ1) is 9.65. The molecule has 2 aromatic heterocycles. The second-order valence-corrected chi connectivity index (χ2v) is 5.20. The minimum Gasteiger partial charge on any atom is -0.440 e. The first-order valence-corrected chi connectivity index (χ1v) is 6.77. The fourth-order valence-electron chi connectivity index (χ4n) is 2.40. The molecule has 1 amide bonds. The summed E-state index contributed by atoms with van der Waals surface area (Å²) in [7, 11) is 2.03. The van der Waals surface area contributed by atoms with Gasteiger partial charge in [0.2, 0.25) is 0 Å². The molecule has 0 spiro atoms. The zero-order valence-electron chi connectivity index (χ0n) is 11.0. The normalized spacial score (nSPS) is 20.3. The van der Waals surface area contributed by atoms with Gasteiger partial charge in [-0.2, -0.15) is 0 Å². The van der Waals surface area contributed by atoms with Gasteiger partial charge in [0.05, 0.1) is 6.04 Å². The number of halogens is 1. The van der Waals surface area contributed by atoms with Crippen LogP contribution in [0.15, 0.2) is 28.9 Å². The lowest BCUT2D eigenvalue weighted by Gasteiger charge is -2.38. The number of carbonyl (C=O) groups is 1. The van der Waals surface area contributed by atoms with E-state index in [4.69, 9.17) is 16.0 Å². The Morgan fingerprint density at radius 1 is 1.50 bits per heavy atom. The van der Waals surface area contributed by atoms with Crippen LogP contribution in [0.1, 0.15) is 22.4 Å². The zero-order chi connectivity index (χ0) is 14.1. The molecule has 0 aliphatic carbocycles. The fraction of sp³-hybridized carbons (Fsp3) is 0.385. The molecule has 0 unspecified atom stereocenters. The van der Waals surface area contributed by atoms with Crippen LogP contribution in [0.4, 0.5) is 0 Å². The number of aromatic nitrogens is 2. The van der Waals surface area contributed by atoms with Crippen molar-refractivity contribution in [2.24, 2.45) is 0 Å². The molecule has 0 saturated carbocycles. The average Bonchev–Trinajstić information content (AvgIpc) is 3.09. The van der Waals surface area contributed by atoms with Crippen molar-refractivity contribution in [3.8, 4) is 0 Å². The van der Waals surface area contributed by atoms with E-state index in [2.05, 4.69) is 14.9 Å². The van der Waals surface area contributed by atoms with Crippen LogP contribution in [0.25, 0.3) is 0 Å². The van der Waals surface area contributed by atoms with Crippen molar-refractivity contribution in [2.45, 2.75) is 6.04 Å². The van der Waals surface area contributed by atoms with Crippen LogP contribution in [0.5, 0.6) is 0 Å². The van der Waals surface area contributed by atoms with Crippen LogP contribution in [-0.2, 0) is 0 Å². The molecule has 7 heteroatoms. The summed E-state index contributed by atoms with van der Waals surface area (Å²) in [5.41, 5.74) is 0. The number of hydrogen-bond acceptors (Lipinski definition) is 4. The van der Waals surface area contributed by atoms with Crippen LogP contribution >= 0.6 is 11.6 Å². The van der Waals surface area contributed by atoms with Crippen molar-refractivity contribution in [2.75, 3.05) is 26.7 Å². The summed E-state index contributed by atoms with van der Waals surface area (Å²) in [6, 6.07) is 3.24. The molecule has 6 nitrogen and oxygen atoms in total. The molecule has 1 fully saturated rings. The lowest BCUT2D eigenvalue weighted by atomic mass is 10.1. The maximum Gasteiger partial charge on any atom is 0.289 e. The molecule has 3 rings (SSSR count). The molecule has 3 heterocycles. The van der Waals surface area contributed by atoms with E-state index in [1.165, 1.54) is 0 Å². The van der Waals surface area contributed by atoms with Crippen LogP contribution in [-0.4, -0.2) is 52.4 Å². The third-order valence-electron chi connectivity index (χ3n) is 3.55. The Morgan fingerprint density at radius 3 is 3.00 bits per heavy atom. The summed E-state index contributed by atoms with van der Waals surface area (Å²) >= 11 is 5.72. The van der Waals surface area contributed by atoms with Gasteiger partial charge in [0.15, 0.2) is 11.0 Å². The van der Waals surface area contributed by atoms with E-state index in [0.717, 1.165) is 12.4 Å². The van der Waals surface area contributed by atoms with Crippen LogP contribution in [0.3, 0.4) is 0 Å². The maximum atomic E-state index is 12.4. The van der Waals surface area contributed by atoms with E-state index in [1.54, 1.807) is 29.4 Å². The third kappa shape index (κ3) is 2.44. The van der Waals surface area contributed by atoms with Crippen LogP contribution in [0, 0.1) is 0 Å². The average molecular weight is 295 g/mol. The van der Waals surface area contributed by atoms with Crippen molar-refractivity contribution in [1.82, 2.24) is 19.8 Å². The Bertz CT molecular complexity index is 595. The molecule has 1 N–H and O–H groups in total. The molecule has 0 aromatic carbocycles. The lowest BCUT2D eigenvalue weighted by molar-refractivity contribution is 0.0506. The molecule has 0 radical (unpaired) electrons. The largest absolute Gasteiger partial charge is 0.440 e. The number of carbonyl (C=O) groups excluding carboxylic acids is 1. The lowest BCUT2D eigenvalue weighted by Crippen LogP contribution is -2.49. The van der Waals surface area contributed by atoms with E-state index in [1.807, 2.05) is 7.05 Å². The van der Waals surface area contributed by atoms with Gasteiger partial charge in [-0.3, -0.25) is 9.69 Å². The van der Waals surface area contributed by atoms with E-state index >= 15 is 0 Å². The summed E-state index contributed by atoms with van der Waals surface area (Å²) in [6.07, 6.45) is 3.51.